The van der Waals surface area contributed by atoms with Gasteiger partial charge in [0.2, 0.25) is 0 Å². The Kier molecular flexibility index (Phi) is 7.47. The first-order chi connectivity index (χ1) is 13.7. The van der Waals surface area contributed by atoms with Crippen LogP contribution in [0.25, 0.3) is 0 Å². The minimum absolute atomic E-state index is 0.0389. The molecule has 1 aliphatic heterocycles. The molecule has 1 aliphatic rings. The molecule has 7 heteroatoms. The van der Waals surface area contributed by atoms with Gasteiger partial charge in [-0.25, -0.2) is 0 Å². The third-order valence-corrected chi connectivity index (χ3v) is 5.39. The Morgan fingerprint density at radius 3 is 2.64 bits per heavy atom. The van der Waals surface area contributed by atoms with E-state index in [9.17, 15) is 9.59 Å². The molecule has 1 heterocycles. The second-order valence-electron chi connectivity index (χ2n) is 6.48. The molecule has 0 radical (unpaired) electrons. The van der Waals surface area contributed by atoms with Gasteiger partial charge in [-0.15, -0.1) is 11.8 Å². The number of hydrogen-bond acceptors (Lipinski definition) is 5. The highest BCUT2D eigenvalue weighted by atomic mass is 32.2. The number of ether oxygens (including phenoxy) is 1. The maximum Gasteiger partial charge on any atom is 0.313 e. The van der Waals surface area contributed by atoms with Crippen LogP contribution in [-0.2, 0) is 14.3 Å². The molecule has 3 rings (SSSR count). The number of morpholine rings is 1. The van der Waals surface area contributed by atoms with E-state index in [1.54, 1.807) is 6.07 Å². The molecule has 148 valence electrons. The Morgan fingerprint density at radius 1 is 1.11 bits per heavy atom. The van der Waals surface area contributed by atoms with Gasteiger partial charge >= 0.3 is 11.8 Å². The van der Waals surface area contributed by atoms with Gasteiger partial charge in [0, 0.05) is 31.1 Å². The van der Waals surface area contributed by atoms with Crippen LogP contribution in [-0.4, -0.2) is 55.8 Å². The highest BCUT2D eigenvalue weighted by Crippen LogP contribution is 2.24. The summed E-state index contributed by atoms with van der Waals surface area (Å²) in [5.74, 6) is -1.27. The molecule has 1 fully saturated rings. The van der Waals surface area contributed by atoms with Gasteiger partial charge in [-0.05, 0) is 24.0 Å². The van der Waals surface area contributed by atoms with E-state index >= 15 is 0 Å². The molecular weight excluding hydrogens is 374 g/mol. The van der Waals surface area contributed by atoms with Crippen molar-refractivity contribution in [2.45, 2.75) is 11.0 Å². The molecule has 1 atom stereocenters. The third-order valence-electron chi connectivity index (χ3n) is 4.60. The van der Waals surface area contributed by atoms with E-state index in [0.717, 1.165) is 23.5 Å². The van der Waals surface area contributed by atoms with Crippen molar-refractivity contribution in [2.75, 3.05) is 44.4 Å². The van der Waals surface area contributed by atoms with Gasteiger partial charge in [-0.2, -0.15) is 0 Å². The van der Waals surface area contributed by atoms with Crippen molar-refractivity contribution in [3.63, 3.8) is 0 Å². The standard InChI is InChI=1S/C21H25N3O3S/c1-28-19-10-6-5-9-17(19)23-21(26)20(25)22-11-12-24-13-14-27-18(15-24)16-7-3-2-4-8-16/h2-10,18H,11-15H2,1H3,(H,22,25)(H,23,26). The van der Waals surface area contributed by atoms with Gasteiger partial charge in [0.1, 0.15) is 0 Å². The van der Waals surface area contributed by atoms with Crippen molar-refractivity contribution in [3.05, 3.63) is 60.2 Å². The summed E-state index contributed by atoms with van der Waals surface area (Å²) >= 11 is 1.52. The molecule has 0 spiro atoms. The number of carbonyl (C=O) groups excluding carboxylic acids is 2. The van der Waals surface area contributed by atoms with Gasteiger partial charge in [0.15, 0.2) is 0 Å². The second-order valence-corrected chi connectivity index (χ2v) is 7.33. The minimum Gasteiger partial charge on any atom is -0.371 e. The van der Waals surface area contributed by atoms with Crippen LogP contribution in [0.15, 0.2) is 59.5 Å². The van der Waals surface area contributed by atoms with E-state index in [-0.39, 0.29) is 6.10 Å². The Hall–Kier alpha value is -2.35. The molecule has 2 amide bonds. The molecule has 1 saturated heterocycles. The van der Waals surface area contributed by atoms with Crippen molar-refractivity contribution in [2.24, 2.45) is 0 Å². The number of para-hydroxylation sites is 1. The first kappa shape index (κ1) is 20.4. The van der Waals surface area contributed by atoms with Gasteiger partial charge in [-0.1, -0.05) is 42.5 Å². The van der Waals surface area contributed by atoms with Crippen LogP contribution in [0.1, 0.15) is 11.7 Å². The van der Waals surface area contributed by atoms with E-state index in [1.807, 2.05) is 42.7 Å². The molecule has 0 bridgehead atoms. The number of carbonyl (C=O) groups is 2. The molecule has 2 aromatic carbocycles. The largest absolute Gasteiger partial charge is 0.371 e. The van der Waals surface area contributed by atoms with E-state index in [0.29, 0.717) is 25.4 Å². The monoisotopic (exact) mass is 399 g/mol. The molecular formula is C21H25N3O3S. The molecule has 2 aromatic rings. The average Bonchev–Trinajstić information content (AvgIpc) is 2.75. The van der Waals surface area contributed by atoms with Gasteiger partial charge in [-0.3, -0.25) is 14.5 Å². The summed E-state index contributed by atoms with van der Waals surface area (Å²) in [6.45, 7) is 3.32. The molecule has 2 N–H and O–H groups in total. The maximum absolute atomic E-state index is 12.1. The fraction of sp³-hybridized carbons (Fsp3) is 0.333. The van der Waals surface area contributed by atoms with Crippen LogP contribution in [0, 0.1) is 0 Å². The van der Waals surface area contributed by atoms with Crippen molar-refractivity contribution in [3.8, 4) is 0 Å². The van der Waals surface area contributed by atoms with Gasteiger partial charge < -0.3 is 15.4 Å². The number of anilines is 1. The minimum atomic E-state index is -0.648. The molecule has 0 aliphatic carbocycles. The van der Waals surface area contributed by atoms with Gasteiger partial charge in [0.05, 0.1) is 18.4 Å². The zero-order valence-corrected chi connectivity index (χ0v) is 16.7. The predicted molar refractivity (Wildman–Crippen MR) is 111 cm³/mol. The first-order valence-corrected chi connectivity index (χ1v) is 10.5. The van der Waals surface area contributed by atoms with Crippen molar-refractivity contribution >= 4 is 29.3 Å². The zero-order valence-electron chi connectivity index (χ0n) is 15.9. The summed E-state index contributed by atoms with van der Waals surface area (Å²) in [6.07, 6.45) is 1.97. The second kappa shape index (κ2) is 10.3. The number of thioether (sulfide) groups is 1. The number of rotatable bonds is 6. The highest BCUT2D eigenvalue weighted by molar-refractivity contribution is 7.98. The topological polar surface area (TPSA) is 70.7 Å². The Labute approximate surface area is 169 Å². The summed E-state index contributed by atoms with van der Waals surface area (Å²) in [5, 5.41) is 5.37. The Bertz CT molecular complexity index is 800. The molecule has 6 nitrogen and oxygen atoms in total. The van der Waals surface area contributed by atoms with Crippen LogP contribution >= 0.6 is 11.8 Å². The van der Waals surface area contributed by atoms with Crippen LogP contribution < -0.4 is 10.6 Å². The van der Waals surface area contributed by atoms with E-state index < -0.39 is 11.8 Å². The lowest BCUT2D eigenvalue weighted by atomic mass is 10.1. The average molecular weight is 400 g/mol. The van der Waals surface area contributed by atoms with Crippen LogP contribution in [0.4, 0.5) is 5.69 Å². The predicted octanol–water partition coefficient (Wildman–Crippen LogP) is 2.54. The summed E-state index contributed by atoms with van der Waals surface area (Å²) in [4.78, 5) is 27.4. The van der Waals surface area contributed by atoms with Crippen molar-refractivity contribution in [1.82, 2.24) is 10.2 Å². The van der Waals surface area contributed by atoms with Gasteiger partial charge in [0.25, 0.3) is 0 Å². The first-order valence-electron chi connectivity index (χ1n) is 9.28. The number of hydrogen-bond donors (Lipinski definition) is 2. The summed E-state index contributed by atoms with van der Waals surface area (Å²) in [7, 11) is 0. The summed E-state index contributed by atoms with van der Waals surface area (Å²) in [6, 6.07) is 17.5. The number of amides is 2. The normalized spacial score (nSPS) is 17.1. The smallest absolute Gasteiger partial charge is 0.313 e. The Morgan fingerprint density at radius 2 is 1.86 bits per heavy atom. The lowest BCUT2D eigenvalue weighted by Crippen LogP contribution is -2.44. The maximum atomic E-state index is 12.1. The lowest BCUT2D eigenvalue weighted by molar-refractivity contribution is -0.136. The fourth-order valence-corrected chi connectivity index (χ4v) is 3.66. The van der Waals surface area contributed by atoms with Crippen LogP contribution in [0.5, 0.6) is 0 Å². The van der Waals surface area contributed by atoms with E-state index in [1.165, 1.54) is 11.8 Å². The molecule has 0 saturated carbocycles. The van der Waals surface area contributed by atoms with E-state index in [2.05, 4.69) is 27.7 Å². The molecule has 0 aromatic heterocycles. The van der Waals surface area contributed by atoms with E-state index in [4.69, 9.17) is 4.74 Å². The fourth-order valence-electron chi connectivity index (χ4n) is 3.11. The van der Waals surface area contributed by atoms with Crippen LogP contribution in [0.3, 0.4) is 0 Å². The molecule has 28 heavy (non-hydrogen) atoms. The molecule has 1 unspecified atom stereocenters. The van der Waals surface area contributed by atoms with Crippen molar-refractivity contribution < 1.29 is 14.3 Å². The lowest BCUT2D eigenvalue weighted by Gasteiger charge is -2.33. The summed E-state index contributed by atoms with van der Waals surface area (Å²) in [5.41, 5.74) is 1.80. The summed E-state index contributed by atoms with van der Waals surface area (Å²) < 4.78 is 5.85. The quantitative estimate of drug-likeness (QED) is 0.577. The third kappa shape index (κ3) is 5.58. The van der Waals surface area contributed by atoms with Crippen LogP contribution in [0.2, 0.25) is 0 Å². The SMILES string of the molecule is CSc1ccccc1NC(=O)C(=O)NCCN1CCOC(c2ccccc2)C1. The zero-order chi connectivity index (χ0) is 19.8. The highest BCUT2D eigenvalue weighted by Gasteiger charge is 2.22. The number of benzene rings is 2. The number of nitrogens with zero attached hydrogens (tertiary/aromatic N) is 1. The number of nitrogens with one attached hydrogen (secondary N) is 2. The van der Waals surface area contributed by atoms with Crippen molar-refractivity contribution in [1.29, 1.82) is 0 Å². The Balaban J connectivity index is 1.44.